The predicted molar refractivity (Wildman–Crippen MR) is 69.0 cm³/mol. The van der Waals surface area contributed by atoms with Crippen molar-refractivity contribution in [2.24, 2.45) is 0 Å². The van der Waals surface area contributed by atoms with Crippen LogP contribution in [0.3, 0.4) is 0 Å². The van der Waals surface area contributed by atoms with Crippen LogP contribution < -0.4 is 10.1 Å². The van der Waals surface area contributed by atoms with Gasteiger partial charge in [-0.25, -0.2) is 0 Å². The monoisotopic (exact) mass is 287 g/mol. The van der Waals surface area contributed by atoms with E-state index in [0.29, 0.717) is 22.9 Å². The molecule has 1 aromatic carbocycles. The highest BCUT2D eigenvalue weighted by molar-refractivity contribution is 9.10. The second-order valence-electron chi connectivity index (χ2n) is 3.89. The van der Waals surface area contributed by atoms with Crippen LogP contribution in [-0.4, -0.2) is 17.8 Å². The lowest BCUT2D eigenvalue weighted by molar-refractivity contribution is 0.316. The summed E-state index contributed by atoms with van der Waals surface area (Å²) in [6.07, 6.45) is 0. The van der Waals surface area contributed by atoms with Crippen molar-refractivity contribution in [1.29, 1.82) is 0 Å². The highest BCUT2D eigenvalue weighted by Gasteiger charge is 2.09. The molecule has 0 unspecified atom stereocenters. The lowest BCUT2D eigenvalue weighted by Gasteiger charge is -2.12. The molecule has 0 saturated heterocycles. The standard InChI is InChI=1S/C12H18BrNO2/c1-4-16-11-6-9(7-14-8(2)3)5-10(13)12(11)15/h5-6,8,14-15H,4,7H2,1-3H3. The minimum absolute atomic E-state index is 0.162. The number of phenols is 1. The second kappa shape index (κ2) is 6.11. The third-order valence-corrected chi connectivity index (χ3v) is 2.71. The van der Waals surface area contributed by atoms with Crippen LogP contribution in [0, 0.1) is 0 Å². The molecule has 0 bridgehead atoms. The van der Waals surface area contributed by atoms with Gasteiger partial charge in [-0.05, 0) is 40.5 Å². The molecule has 2 N–H and O–H groups in total. The molecule has 1 rings (SSSR count). The van der Waals surface area contributed by atoms with Gasteiger partial charge in [-0.2, -0.15) is 0 Å². The van der Waals surface area contributed by atoms with Crippen LogP contribution in [0.2, 0.25) is 0 Å². The number of aromatic hydroxyl groups is 1. The quantitative estimate of drug-likeness (QED) is 0.875. The average molecular weight is 288 g/mol. The molecule has 0 saturated carbocycles. The van der Waals surface area contributed by atoms with E-state index >= 15 is 0 Å². The minimum atomic E-state index is 0.162. The molecule has 0 aliphatic carbocycles. The highest BCUT2D eigenvalue weighted by atomic mass is 79.9. The van der Waals surface area contributed by atoms with E-state index in [9.17, 15) is 5.11 Å². The lowest BCUT2D eigenvalue weighted by Crippen LogP contribution is -2.21. The first-order valence-corrected chi connectivity index (χ1v) is 6.21. The smallest absolute Gasteiger partial charge is 0.172 e. The van der Waals surface area contributed by atoms with Crippen molar-refractivity contribution >= 4 is 15.9 Å². The summed E-state index contributed by atoms with van der Waals surface area (Å²) in [6, 6.07) is 4.19. The van der Waals surface area contributed by atoms with Gasteiger partial charge >= 0.3 is 0 Å². The SMILES string of the molecule is CCOc1cc(CNC(C)C)cc(Br)c1O. The van der Waals surface area contributed by atoms with Gasteiger partial charge in [0.25, 0.3) is 0 Å². The maximum Gasteiger partial charge on any atom is 0.172 e. The minimum Gasteiger partial charge on any atom is -0.503 e. The van der Waals surface area contributed by atoms with Crippen LogP contribution in [-0.2, 0) is 6.54 Å². The molecule has 3 nitrogen and oxygen atoms in total. The van der Waals surface area contributed by atoms with Crippen molar-refractivity contribution < 1.29 is 9.84 Å². The summed E-state index contributed by atoms with van der Waals surface area (Å²) in [5.74, 6) is 0.688. The molecule has 4 heteroatoms. The predicted octanol–water partition coefficient (Wildman–Crippen LogP) is 3.05. The molecule has 0 fully saturated rings. The van der Waals surface area contributed by atoms with Crippen LogP contribution in [0.5, 0.6) is 11.5 Å². The molecule has 0 aliphatic rings. The van der Waals surface area contributed by atoms with Gasteiger partial charge in [-0.1, -0.05) is 13.8 Å². The van der Waals surface area contributed by atoms with E-state index in [1.54, 1.807) is 0 Å². The largest absolute Gasteiger partial charge is 0.503 e. The van der Waals surface area contributed by atoms with E-state index in [-0.39, 0.29) is 5.75 Å². The van der Waals surface area contributed by atoms with Crippen molar-refractivity contribution in [3.8, 4) is 11.5 Å². The van der Waals surface area contributed by atoms with Gasteiger partial charge in [-0.15, -0.1) is 0 Å². The third kappa shape index (κ3) is 3.68. The van der Waals surface area contributed by atoms with Gasteiger partial charge in [0.15, 0.2) is 11.5 Å². The Bertz CT molecular complexity index is 353. The van der Waals surface area contributed by atoms with E-state index in [0.717, 1.165) is 12.1 Å². The normalized spacial score (nSPS) is 10.8. The van der Waals surface area contributed by atoms with Gasteiger partial charge in [0.05, 0.1) is 11.1 Å². The Hall–Kier alpha value is -0.740. The molecule has 0 aliphatic heterocycles. The van der Waals surface area contributed by atoms with Crippen LogP contribution in [0.15, 0.2) is 16.6 Å². The molecular formula is C12H18BrNO2. The maximum atomic E-state index is 9.74. The molecule has 0 amide bonds. The molecule has 0 aromatic heterocycles. The fourth-order valence-electron chi connectivity index (χ4n) is 1.32. The van der Waals surface area contributed by atoms with E-state index < -0.39 is 0 Å². The summed E-state index contributed by atoms with van der Waals surface area (Å²) >= 11 is 3.32. The Morgan fingerprint density at radius 1 is 1.44 bits per heavy atom. The van der Waals surface area contributed by atoms with E-state index in [1.165, 1.54) is 0 Å². The fourth-order valence-corrected chi connectivity index (χ4v) is 1.81. The number of phenolic OH excluding ortho intramolecular Hbond substituents is 1. The van der Waals surface area contributed by atoms with Crippen LogP contribution in [0.4, 0.5) is 0 Å². The first kappa shape index (κ1) is 13.3. The fraction of sp³-hybridized carbons (Fsp3) is 0.500. The van der Waals surface area contributed by atoms with Crippen molar-refractivity contribution in [2.75, 3.05) is 6.61 Å². The lowest BCUT2D eigenvalue weighted by atomic mass is 10.2. The topological polar surface area (TPSA) is 41.5 Å². The molecule has 0 spiro atoms. The molecule has 16 heavy (non-hydrogen) atoms. The number of nitrogens with one attached hydrogen (secondary N) is 1. The van der Waals surface area contributed by atoms with E-state index in [4.69, 9.17) is 4.74 Å². The Labute approximate surface area is 105 Å². The molecule has 0 atom stereocenters. The summed E-state index contributed by atoms with van der Waals surface area (Å²) < 4.78 is 6.02. The van der Waals surface area contributed by atoms with Crippen molar-refractivity contribution in [3.05, 3.63) is 22.2 Å². The summed E-state index contributed by atoms with van der Waals surface area (Å²) in [6.45, 7) is 7.39. The zero-order chi connectivity index (χ0) is 12.1. The van der Waals surface area contributed by atoms with Crippen molar-refractivity contribution in [1.82, 2.24) is 5.32 Å². The van der Waals surface area contributed by atoms with Crippen LogP contribution >= 0.6 is 15.9 Å². The number of hydrogen-bond donors (Lipinski definition) is 2. The van der Waals surface area contributed by atoms with E-state index in [2.05, 4.69) is 35.1 Å². The summed E-state index contributed by atoms with van der Waals surface area (Å²) in [5, 5.41) is 13.1. The Balaban J connectivity index is 2.86. The maximum absolute atomic E-state index is 9.74. The van der Waals surface area contributed by atoms with Gasteiger partial charge in [0.2, 0.25) is 0 Å². The Kier molecular flexibility index (Phi) is 5.09. The molecule has 0 heterocycles. The van der Waals surface area contributed by atoms with Gasteiger partial charge in [0, 0.05) is 12.6 Å². The van der Waals surface area contributed by atoms with Crippen LogP contribution in [0.1, 0.15) is 26.3 Å². The third-order valence-electron chi connectivity index (χ3n) is 2.10. The molecule has 0 radical (unpaired) electrons. The molecular weight excluding hydrogens is 270 g/mol. The van der Waals surface area contributed by atoms with Gasteiger partial charge in [0.1, 0.15) is 0 Å². The summed E-state index contributed by atoms with van der Waals surface area (Å²) in [7, 11) is 0. The van der Waals surface area contributed by atoms with Crippen molar-refractivity contribution in [3.63, 3.8) is 0 Å². The van der Waals surface area contributed by atoms with Gasteiger partial charge < -0.3 is 15.2 Å². The zero-order valence-corrected chi connectivity index (χ0v) is 11.5. The number of hydrogen-bond acceptors (Lipinski definition) is 3. The van der Waals surface area contributed by atoms with Gasteiger partial charge in [-0.3, -0.25) is 0 Å². The number of halogens is 1. The molecule has 1 aromatic rings. The number of rotatable bonds is 5. The first-order valence-electron chi connectivity index (χ1n) is 5.42. The summed E-state index contributed by atoms with van der Waals surface area (Å²) in [5.41, 5.74) is 1.09. The average Bonchev–Trinajstić information content (AvgIpc) is 2.22. The first-order chi connectivity index (χ1) is 7.54. The van der Waals surface area contributed by atoms with Crippen LogP contribution in [0.25, 0.3) is 0 Å². The van der Waals surface area contributed by atoms with Crippen molar-refractivity contribution in [2.45, 2.75) is 33.4 Å². The highest BCUT2D eigenvalue weighted by Crippen LogP contribution is 2.35. The van der Waals surface area contributed by atoms with E-state index in [1.807, 2.05) is 19.1 Å². The second-order valence-corrected chi connectivity index (χ2v) is 4.75. The Morgan fingerprint density at radius 2 is 2.12 bits per heavy atom. The number of benzene rings is 1. The zero-order valence-electron chi connectivity index (χ0n) is 9.88. The Morgan fingerprint density at radius 3 is 2.69 bits per heavy atom. The summed E-state index contributed by atoms with van der Waals surface area (Å²) in [4.78, 5) is 0. The molecule has 90 valence electrons. The number of ether oxygens (including phenoxy) is 1.